The summed E-state index contributed by atoms with van der Waals surface area (Å²) >= 11 is 4.09. The first-order valence-electron chi connectivity index (χ1n) is 10.8. The molecule has 1 heterocycles. The van der Waals surface area contributed by atoms with Crippen molar-refractivity contribution in [3.8, 4) is 0 Å². The van der Waals surface area contributed by atoms with Gasteiger partial charge in [0.15, 0.2) is 16.6 Å². The van der Waals surface area contributed by atoms with Crippen molar-refractivity contribution >= 4 is 58.6 Å². The number of carboxylic acids is 1. The third kappa shape index (κ3) is 9.47. The van der Waals surface area contributed by atoms with Gasteiger partial charge in [-0.15, -0.1) is 0 Å². The number of rotatable bonds is 13. The minimum atomic E-state index is -3.63. The first-order valence-corrected chi connectivity index (χ1v) is 14.5. The molecule has 1 unspecified atom stereocenters. The van der Waals surface area contributed by atoms with Gasteiger partial charge < -0.3 is 9.84 Å². The summed E-state index contributed by atoms with van der Waals surface area (Å²) < 4.78 is 37.1. The summed E-state index contributed by atoms with van der Waals surface area (Å²) in [5.41, 5.74) is 2.20. The highest BCUT2D eigenvalue weighted by molar-refractivity contribution is 9.10. The van der Waals surface area contributed by atoms with Crippen LogP contribution in [0.2, 0.25) is 0 Å². The average molecular weight is 625 g/mol. The van der Waals surface area contributed by atoms with Crippen LogP contribution in [-0.4, -0.2) is 68.5 Å². The van der Waals surface area contributed by atoms with Gasteiger partial charge in [-0.2, -0.15) is 0 Å². The number of hydrogen-bond acceptors (Lipinski definition) is 10. The van der Waals surface area contributed by atoms with Crippen LogP contribution in [0.3, 0.4) is 0 Å². The Morgan fingerprint density at radius 3 is 2.51 bits per heavy atom. The van der Waals surface area contributed by atoms with Crippen LogP contribution in [0.1, 0.15) is 33.4 Å². The largest absolute Gasteiger partial charge is 0.480 e. The van der Waals surface area contributed by atoms with Crippen LogP contribution in [0.15, 0.2) is 37.3 Å². The van der Waals surface area contributed by atoms with Gasteiger partial charge in [0.25, 0.3) is 0 Å². The number of hydrogen-bond donors (Lipinski definition) is 5. The summed E-state index contributed by atoms with van der Waals surface area (Å²) in [7, 11) is -3.63. The highest BCUT2D eigenvalue weighted by atomic mass is 79.9. The summed E-state index contributed by atoms with van der Waals surface area (Å²) in [6.45, 7) is 6.12. The Hall–Kier alpha value is -2.36. The van der Waals surface area contributed by atoms with Crippen molar-refractivity contribution in [2.75, 3.05) is 11.9 Å². The van der Waals surface area contributed by atoms with E-state index in [0.717, 1.165) is 11.8 Å². The fourth-order valence-electron chi connectivity index (χ4n) is 2.74. The van der Waals surface area contributed by atoms with E-state index in [4.69, 9.17) is 9.37 Å². The maximum atomic E-state index is 13.6. The number of nitrogens with one attached hydrogen (secondary N) is 3. The molecule has 204 valence electrons. The molecule has 0 aliphatic carbocycles. The molecule has 5 N–H and O–H groups in total. The van der Waals surface area contributed by atoms with Crippen molar-refractivity contribution in [1.82, 2.24) is 26.0 Å². The zero-order valence-electron chi connectivity index (χ0n) is 20.3. The lowest BCUT2D eigenvalue weighted by molar-refractivity contribution is -0.149. The standard InChI is InChI=1S/C20H27BrFN6O7PS/c1-10(2)34-20(31)12(4)28-36(33,27-11(3)19(29)30)7-8-37-18-16(25-35-26-18)17(24-32)23-13-5-6-15(22)14(21)9-13/h5-6,9-12,32H,7-8H2,1-4H3,(H,23,24)(H,29,30)(H2,27,28,33)/t11-,12-,36?/m0/s1. The number of carboxylic acid groups (broad SMARTS) is 1. The van der Waals surface area contributed by atoms with Gasteiger partial charge in [-0.05, 0) is 72.1 Å². The van der Waals surface area contributed by atoms with Gasteiger partial charge in [0.2, 0.25) is 7.44 Å². The highest BCUT2D eigenvalue weighted by Crippen LogP contribution is 2.39. The van der Waals surface area contributed by atoms with Crippen molar-refractivity contribution in [2.45, 2.75) is 50.9 Å². The molecule has 0 radical (unpaired) electrons. The maximum Gasteiger partial charge on any atom is 0.323 e. The van der Waals surface area contributed by atoms with Gasteiger partial charge in [0.1, 0.15) is 17.9 Å². The van der Waals surface area contributed by atoms with Crippen LogP contribution >= 0.6 is 35.1 Å². The molecule has 0 aliphatic heterocycles. The molecule has 37 heavy (non-hydrogen) atoms. The molecule has 2 rings (SSSR count). The third-order valence-electron chi connectivity index (χ3n) is 4.46. The van der Waals surface area contributed by atoms with E-state index in [1.165, 1.54) is 32.0 Å². The second-order valence-electron chi connectivity index (χ2n) is 7.93. The number of thioether (sulfide) groups is 1. The summed E-state index contributed by atoms with van der Waals surface area (Å²) in [4.78, 5) is 27.7. The van der Waals surface area contributed by atoms with Gasteiger partial charge in [0, 0.05) is 11.9 Å². The molecular formula is C20H27BrFN6O7PS. The zero-order chi connectivity index (χ0) is 27.8. The lowest BCUT2D eigenvalue weighted by Crippen LogP contribution is -2.42. The van der Waals surface area contributed by atoms with E-state index < -0.39 is 37.3 Å². The minimum Gasteiger partial charge on any atom is -0.480 e. The number of aliphatic imine (C=N–C) groups is 1. The molecule has 3 atom stereocenters. The van der Waals surface area contributed by atoms with E-state index >= 15 is 0 Å². The average Bonchev–Trinajstić information content (AvgIpc) is 3.27. The third-order valence-corrected chi connectivity index (χ3v) is 8.78. The van der Waals surface area contributed by atoms with Crippen LogP contribution in [-0.2, 0) is 18.9 Å². The molecule has 1 aromatic carbocycles. The Balaban J connectivity index is 2.18. The van der Waals surface area contributed by atoms with Gasteiger partial charge in [0.05, 0.1) is 16.3 Å². The zero-order valence-corrected chi connectivity index (χ0v) is 23.6. The predicted octanol–water partition coefficient (Wildman–Crippen LogP) is 3.31. The molecule has 2 aromatic rings. The van der Waals surface area contributed by atoms with E-state index in [2.05, 4.69) is 41.4 Å². The number of ether oxygens (including phenoxy) is 1. The molecule has 0 spiro atoms. The Morgan fingerprint density at radius 1 is 1.24 bits per heavy atom. The van der Waals surface area contributed by atoms with E-state index in [9.17, 15) is 28.9 Å². The number of aromatic nitrogens is 2. The van der Waals surface area contributed by atoms with E-state index in [1.54, 1.807) is 13.8 Å². The number of esters is 1. The van der Waals surface area contributed by atoms with Gasteiger partial charge in [-0.25, -0.2) is 24.2 Å². The van der Waals surface area contributed by atoms with Crippen LogP contribution < -0.4 is 15.7 Å². The number of nitrogens with zero attached hydrogens (tertiary/aromatic N) is 3. The van der Waals surface area contributed by atoms with Crippen LogP contribution in [0.4, 0.5) is 10.1 Å². The first kappa shape index (κ1) is 30.9. The molecule has 0 fully saturated rings. The molecule has 0 saturated heterocycles. The van der Waals surface area contributed by atoms with E-state index in [1.807, 2.05) is 5.48 Å². The minimum absolute atomic E-state index is 0.0245. The van der Waals surface area contributed by atoms with Crippen LogP contribution in [0, 0.1) is 5.82 Å². The number of amidine groups is 1. The summed E-state index contributed by atoms with van der Waals surface area (Å²) in [6, 6.07) is 1.79. The van der Waals surface area contributed by atoms with Crippen LogP contribution in [0.5, 0.6) is 0 Å². The molecule has 0 bridgehead atoms. The van der Waals surface area contributed by atoms with Crippen molar-refractivity contribution < 1.29 is 38.2 Å². The maximum absolute atomic E-state index is 13.6. The Labute approximate surface area is 224 Å². The van der Waals surface area contributed by atoms with Crippen molar-refractivity contribution in [3.05, 3.63) is 34.2 Å². The number of hydroxylamine groups is 1. The highest BCUT2D eigenvalue weighted by Gasteiger charge is 2.31. The van der Waals surface area contributed by atoms with Gasteiger partial charge in [-0.1, -0.05) is 11.8 Å². The topological polar surface area (TPSA) is 188 Å². The second-order valence-corrected chi connectivity index (χ2v) is 12.3. The van der Waals surface area contributed by atoms with Crippen molar-refractivity contribution in [1.29, 1.82) is 0 Å². The van der Waals surface area contributed by atoms with Gasteiger partial charge >= 0.3 is 11.9 Å². The van der Waals surface area contributed by atoms with Gasteiger partial charge in [-0.3, -0.25) is 24.8 Å². The number of carbonyl (C=O) groups is 2. The molecular weight excluding hydrogens is 598 g/mol. The lowest BCUT2D eigenvalue weighted by Gasteiger charge is -2.26. The molecule has 0 aliphatic rings. The summed E-state index contributed by atoms with van der Waals surface area (Å²) in [6.07, 6.45) is -0.493. The predicted molar refractivity (Wildman–Crippen MR) is 137 cm³/mol. The number of aliphatic carboxylic acids is 1. The normalized spacial score (nSPS) is 15.2. The van der Waals surface area contributed by atoms with E-state index in [-0.39, 0.29) is 44.7 Å². The molecule has 0 saturated carbocycles. The molecule has 17 heteroatoms. The second kappa shape index (κ2) is 14.0. The SMILES string of the molecule is CC(C)OC(=O)[C@H](C)NP(=O)(CCSc1nonc1C(=Nc1ccc(F)c(Br)c1)NO)N[C@@H](C)C(=O)O. The summed E-state index contributed by atoms with van der Waals surface area (Å²) in [5.74, 6) is -2.40. The smallest absolute Gasteiger partial charge is 0.323 e. The Morgan fingerprint density at radius 2 is 1.92 bits per heavy atom. The Kier molecular flexibility index (Phi) is 11.7. The van der Waals surface area contributed by atoms with Crippen LogP contribution in [0.25, 0.3) is 0 Å². The quantitative estimate of drug-likeness (QED) is 0.0545. The molecule has 13 nitrogen and oxygen atoms in total. The van der Waals surface area contributed by atoms with Crippen molar-refractivity contribution in [3.63, 3.8) is 0 Å². The summed E-state index contributed by atoms with van der Waals surface area (Å²) in [5, 5.41) is 31.7. The lowest BCUT2D eigenvalue weighted by atomic mass is 10.3. The fourth-order valence-corrected chi connectivity index (χ4v) is 6.85. The molecule has 1 aromatic heterocycles. The number of benzene rings is 1. The number of halogens is 2. The van der Waals surface area contributed by atoms with Crippen molar-refractivity contribution in [2.24, 2.45) is 4.99 Å². The fraction of sp³-hybridized carbons (Fsp3) is 0.450. The monoisotopic (exact) mass is 624 g/mol. The number of carbonyl (C=O) groups excluding carboxylic acids is 1. The first-order chi connectivity index (χ1) is 17.3. The van der Waals surface area contributed by atoms with E-state index in [0.29, 0.717) is 0 Å². The molecule has 0 amide bonds. The Bertz CT molecular complexity index is 1180.